The molecule has 0 unspecified atom stereocenters. The van der Waals surface area contributed by atoms with Crippen molar-refractivity contribution in [3.05, 3.63) is 58.4 Å². The molecule has 1 aliphatic rings. The number of benzene rings is 1. The van der Waals surface area contributed by atoms with E-state index in [2.05, 4.69) is 22.1 Å². The van der Waals surface area contributed by atoms with Crippen molar-refractivity contribution in [2.24, 2.45) is 7.05 Å². The largest absolute Gasteiger partial charge is 0.338 e. The molecular weight excluding hydrogens is 330 g/mol. The smallest absolute Gasteiger partial charge is 0.323 e. The summed E-state index contributed by atoms with van der Waals surface area (Å²) in [6, 6.07) is 9.81. The van der Waals surface area contributed by atoms with Gasteiger partial charge in [0.15, 0.2) is 5.65 Å². The van der Waals surface area contributed by atoms with E-state index in [9.17, 15) is 9.59 Å². The summed E-state index contributed by atoms with van der Waals surface area (Å²) in [5.41, 5.74) is 1.80. The van der Waals surface area contributed by atoms with Gasteiger partial charge in [-0.2, -0.15) is 0 Å². The van der Waals surface area contributed by atoms with Crippen LogP contribution in [0.4, 0.5) is 4.79 Å². The molecule has 7 nitrogen and oxygen atoms in total. The van der Waals surface area contributed by atoms with E-state index in [0.29, 0.717) is 36.0 Å². The quantitative estimate of drug-likeness (QED) is 0.725. The zero-order chi connectivity index (χ0) is 18.3. The van der Waals surface area contributed by atoms with Crippen molar-refractivity contribution in [3.63, 3.8) is 0 Å². The summed E-state index contributed by atoms with van der Waals surface area (Å²) in [7, 11) is 1.64. The topological polar surface area (TPSA) is 73.0 Å². The Morgan fingerprint density at radius 1 is 1.23 bits per heavy atom. The highest BCUT2D eigenvalue weighted by Gasteiger charge is 2.34. The number of amides is 1. The van der Waals surface area contributed by atoms with Gasteiger partial charge in [0.2, 0.25) is 0 Å². The second kappa shape index (κ2) is 6.40. The van der Waals surface area contributed by atoms with Crippen LogP contribution in [0.3, 0.4) is 0 Å². The van der Waals surface area contributed by atoms with Crippen LogP contribution in [0.15, 0.2) is 41.3 Å². The number of carbonyl (C=O) groups is 1. The number of fused-ring (bicyclic) bond motifs is 1. The molecule has 0 atom stereocenters. The van der Waals surface area contributed by atoms with Crippen molar-refractivity contribution in [3.8, 4) is 0 Å². The van der Waals surface area contributed by atoms with Gasteiger partial charge in [-0.1, -0.05) is 37.3 Å². The van der Waals surface area contributed by atoms with Crippen molar-refractivity contribution in [2.75, 3.05) is 13.1 Å². The molecule has 3 aromatic rings. The molecule has 0 radical (unpaired) electrons. The summed E-state index contributed by atoms with van der Waals surface area (Å²) in [6.07, 6.45) is 3.25. The van der Waals surface area contributed by atoms with Crippen LogP contribution in [0.1, 0.15) is 30.7 Å². The predicted octanol–water partition coefficient (Wildman–Crippen LogP) is 2.15. The number of aromatic nitrogens is 4. The minimum absolute atomic E-state index is 0.306. The molecule has 1 fully saturated rings. The maximum Gasteiger partial charge on any atom is 0.338 e. The van der Waals surface area contributed by atoms with Gasteiger partial charge in [0.1, 0.15) is 11.3 Å². The summed E-state index contributed by atoms with van der Waals surface area (Å²) in [5, 5.41) is 0. The molecule has 1 saturated heterocycles. The van der Waals surface area contributed by atoms with Crippen LogP contribution < -0.4 is 5.69 Å². The zero-order valence-corrected chi connectivity index (χ0v) is 14.9. The van der Waals surface area contributed by atoms with Gasteiger partial charge in [-0.05, 0) is 12.0 Å². The molecule has 134 valence electrons. The van der Waals surface area contributed by atoms with E-state index < -0.39 is 0 Å². The second-order valence-electron chi connectivity index (χ2n) is 6.72. The van der Waals surface area contributed by atoms with Crippen LogP contribution in [0, 0.1) is 0 Å². The monoisotopic (exact) mass is 351 g/mol. The summed E-state index contributed by atoms with van der Waals surface area (Å²) in [4.78, 5) is 35.9. The second-order valence-corrected chi connectivity index (χ2v) is 6.72. The molecule has 0 aliphatic carbocycles. The van der Waals surface area contributed by atoms with Crippen molar-refractivity contribution in [1.82, 2.24) is 24.0 Å². The first-order valence-electron chi connectivity index (χ1n) is 8.87. The van der Waals surface area contributed by atoms with E-state index >= 15 is 0 Å². The van der Waals surface area contributed by atoms with Gasteiger partial charge in [0.05, 0.1) is 6.20 Å². The van der Waals surface area contributed by atoms with Gasteiger partial charge in [0, 0.05) is 32.5 Å². The summed E-state index contributed by atoms with van der Waals surface area (Å²) >= 11 is 0. The van der Waals surface area contributed by atoms with Crippen LogP contribution in [0.2, 0.25) is 0 Å². The Kier molecular flexibility index (Phi) is 4.06. The van der Waals surface area contributed by atoms with Crippen molar-refractivity contribution < 1.29 is 4.79 Å². The number of aryl methyl sites for hydroxylation is 2. The molecule has 1 aromatic carbocycles. The first kappa shape index (κ1) is 16.5. The van der Waals surface area contributed by atoms with E-state index in [0.717, 1.165) is 12.8 Å². The summed E-state index contributed by atoms with van der Waals surface area (Å²) in [6.45, 7) is 3.27. The lowest BCUT2D eigenvalue weighted by atomic mass is 9.92. The number of carbonyl (C=O) groups excluding carboxylic acids is 1. The van der Waals surface area contributed by atoms with E-state index in [-0.39, 0.29) is 11.7 Å². The molecule has 0 N–H and O–H groups in total. The number of imidazole rings is 1. The minimum Gasteiger partial charge on any atom is -0.323 e. The fourth-order valence-corrected chi connectivity index (χ4v) is 3.39. The first-order valence-corrected chi connectivity index (χ1v) is 8.87. The third-order valence-corrected chi connectivity index (χ3v) is 4.92. The SMILES string of the molecule is CCCc1ncc2c(n1)n(C)c(=O)n2C(=O)N1CC(c2ccccc2)C1. The van der Waals surface area contributed by atoms with Gasteiger partial charge < -0.3 is 4.90 Å². The number of nitrogens with zero attached hydrogens (tertiary/aromatic N) is 5. The van der Waals surface area contributed by atoms with Crippen molar-refractivity contribution in [1.29, 1.82) is 0 Å². The molecule has 2 aromatic heterocycles. The number of hydrogen-bond acceptors (Lipinski definition) is 4. The Morgan fingerprint density at radius 2 is 1.96 bits per heavy atom. The van der Waals surface area contributed by atoms with E-state index in [4.69, 9.17) is 0 Å². The molecule has 7 heteroatoms. The third kappa shape index (κ3) is 2.60. The maximum absolute atomic E-state index is 12.9. The van der Waals surface area contributed by atoms with Gasteiger partial charge in [0.25, 0.3) is 0 Å². The lowest BCUT2D eigenvalue weighted by Gasteiger charge is -2.39. The average Bonchev–Trinajstić information content (AvgIpc) is 2.86. The Morgan fingerprint density at radius 3 is 2.65 bits per heavy atom. The van der Waals surface area contributed by atoms with Gasteiger partial charge in [-0.3, -0.25) is 4.57 Å². The van der Waals surface area contributed by atoms with Crippen LogP contribution in [0.5, 0.6) is 0 Å². The van der Waals surface area contributed by atoms with Gasteiger partial charge in [-0.25, -0.2) is 24.1 Å². The summed E-state index contributed by atoms with van der Waals surface area (Å²) in [5.74, 6) is 1.01. The normalized spacial score (nSPS) is 14.6. The molecular formula is C19H21N5O2. The van der Waals surface area contributed by atoms with Crippen molar-refractivity contribution in [2.45, 2.75) is 25.7 Å². The molecule has 4 rings (SSSR count). The van der Waals surface area contributed by atoms with Crippen LogP contribution in [-0.4, -0.2) is 43.1 Å². The van der Waals surface area contributed by atoms with Crippen LogP contribution in [-0.2, 0) is 13.5 Å². The van der Waals surface area contributed by atoms with E-state index in [1.807, 2.05) is 25.1 Å². The fraction of sp³-hybridized carbons (Fsp3) is 0.368. The first-order chi connectivity index (χ1) is 12.6. The molecule has 1 aliphatic heterocycles. The number of hydrogen-bond donors (Lipinski definition) is 0. The number of likely N-dealkylation sites (tertiary alicyclic amines) is 1. The highest BCUT2D eigenvalue weighted by molar-refractivity contribution is 5.88. The maximum atomic E-state index is 12.9. The lowest BCUT2D eigenvalue weighted by Crippen LogP contribution is -2.51. The predicted molar refractivity (Wildman–Crippen MR) is 98.3 cm³/mol. The minimum atomic E-state index is -0.379. The Balaban J connectivity index is 1.62. The highest BCUT2D eigenvalue weighted by Crippen LogP contribution is 2.27. The third-order valence-electron chi connectivity index (χ3n) is 4.92. The standard InChI is InChI=1S/C19H21N5O2/c1-3-7-16-20-10-15-17(21-16)22(2)18(25)24(15)19(26)23-11-14(12-23)13-8-5-4-6-9-13/h4-6,8-10,14H,3,7,11-12H2,1-2H3. The highest BCUT2D eigenvalue weighted by atomic mass is 16.2. The molecule has 0 spiro atoms. The molecule has 0 bridgehead atoms. The van der Waals surface area contributed by atoms with E-state index in [1.165, 1.54) is 14.7 Å². The van der Waals surface area contributed by atoms with Crippen LogP contribution in [0.25, 0.3) is 11.2 Å². The van der Waals surface area contributed by atoms with Gasteiger partial charge in [-0.15, -0.1) is 0 Å². The van der Waals surface area contributed by atoms with E-state index in [1.54, 1.807) is 18.1 Å². The summed E-state index contributed by atoms with van der Waals surface area (Å²) < 4.78 is 2.61. The zero-order valence-electron chi connectivity index (χ0n) is 14.9. The van der Waals surface area contributed by atoms with Gasteiger partial charge >= 0.3 is 11.7 Å². The van der Waals surface area contributed by atoms with Crippen molar-refractivity contribution >= 4 is 17.2 Å². The number of rotatable bonds is 3. The average molecular weight is 351 g/mol. The molecule has 0 saturated carbocycles. The molecule has 26 heavy (non-hydrogen) atoms. The van der Waals surface area contributed by atoms with Crippen LogP contribution >= 0.6 is 0 Å². The Hall–Kier alpha value is -2.96. The fourth-order valence-electron chi connectivity index (χ4n) is 3.39. The lowest BCUT2D eigenvalue weighted by molar-refractivity contribution is 0.152. The molecule has 3 heterocycles. The molecule has 1 amide bonds. The Bertz CT molecular complexity index is 1020. The Labute approximate surface area is 150 Å².